The molecular weight excluding hydrogens is 278 g/mol. The maximum absolute atomic E-state index is 5.72. The van der Waals surface area contributed by atoms with Crippen molar-refractivity contribution in [1.29, 1.82) is 0 Å². The minimum absolute atomic E-state index is 0.0851. The number of terminal acetylenes is 1. The van der Waals surface area contributed by atoms with Gasteiger partial charge < -0.3 is 4.90 Å². The smallest absolute Gasteiger partial charge is 0.122 e. The summed E-state index contributed by atoms with van der Waals surface area (Å²) in [6.07, 6.45) is 17.9. The van der Waals surface area contributed by atoms with Gasteiger partial charge in [0.25, 0.3) is 0 Å². The van der Waals surface area contributed by atoms with Crippen LogP contribution in [0.15, 0.2) is 77.6 Å². The van der Waals surface area contributed by atoms with E-state index in [1.807, 2.05) is 25.2 Å². The van der Waals surface area contributed by atoms with Crippen LogP contribution in [0.2, 0.25) is 0 Å². The van der Waals surface area contributed by atoms with Gasteiger partial charge in [0.05, 0.1) is 17.0 Å². The average Bonchev–Trinajstić information content (AvgIpc) is 2.93. The number of fused-ring (bicyclic) bond motifs is 3. The lowest BCUT2D eigenvalue weighted by Gasteiger charge is -2.31. The minimum Gasteiger partial charge on any atom is -0.321 e. The van der Waals surface area contributed by atoms with E-state index in [1.165, 1.54) is 16.8 Å². The molecule has 0 saturated heterocycles. The maximum Gasteiger partial charge on any atom is 0.122 e. The molecule has 1 heteroatoms. The van der Waals surface area contributed by atoms with Crippen LogP contribution in [0.4, 0.5) is 0 Å². The van der Waals surface area contributed by atoms with Crippen molar-refractivity contribution in [3.63, 3.8) is 0 Å². The Labute approximate surface area is 137 Å². The largest absolute Gasteiger partial charge is 0.321 e. The second-order valence-corrected chi connectivity index (χ2v) is 5.55. The molecule has 0 fully saturated rings. The van der Waals surface area contributed by atoms with Gasteiger partial charge in [0.1, 0.15) is 6.04 Å². The molecule has 0 N–H and O–H groups in total. The molecule has 4 rings (SSSR count). The van der Waals surface area contributed by atoms with Gasteiger partial charge in [0.15, 0.2) is 0 Å². The van der Waals surface area contributed by atoms with E-state index in [0.717, 1.165) is 16.8 Å². The van der Waals surface area contributed by atoms with E-state index in [4.69, 9.17) is 6.42 Å². The van der Waals surface area contributed by atoms with Crippen molar-refractivity contribution >= 4 is 5.70 Å². The molecule has 0 spiro atoms. The lowest BCUT2D eigenvalue weighted by molar-refractivity contribution is 0.464. The van der Waals surface area contributed by atoms with Gasteiger partial charge in [0, 0.05) is 11.1 Å². The van der Waals surface area contributed by atoms with Crippen LogP contribution in [-0.4, -0.2) is 4.90 Å². The standard InChI is InChI=1S/C22H15N/c1-3-5-9-16(4-2)17-14-15-22-19-11-7-6-10-18(19)21-13-8-12-20(17)23(21)22/h2-3,5-13,22H,1H3/b5-3-,16-9+. The molecule has 0 bridgehead atoms. The molecule has 23 heavy (non-hydrogen) atoms. The van der Waals surface area contributed by atoms with Crippen LogP contribution in [0.3, 0.4) is 0 Å². The molecule has 108 valence electrons. The SMILES string of the molecule is C#C/C(=C\C=C/C)C1=C2C=CC=C3c4ccccc4C(C#C1)N32. The molecule has 3 aliphatic rings. The van der Waals surface area contributed by atoms with Gasteiger partial charge in [-0.15, -0.1) is 6.42 Å². The summed E-state index contributed by atoms with van der Waals surface area (Å²) < 4.78 is 0. The molecule has 1 nitrogen and oxygen atoms in total. The zero-order valence-electron chi connectivity index (χ0n) is 12.9. The van der Waals surface area contributed by atoms with Crippen LogP contribution in [0, 0.1) is 24.2 Å². The van der Waals surface area contributed by atoms with E-state index in [1.54, 1.807) is 0 Å². The zero-order chi connectivity index (χ0) is 15.8. The molecule has 3 heterocycles. The summed E-state index contributed by atoms with van der Waals surface area (Å²) >= 11 is 0. The van der Waals surface area contributed by atoms with Crippen molar-refractivity contribution in [3.05, 3.63) is 88.7 Å². The minimum atomic E-state index is 0.0851. The molecular formula is C22H15N. The molecule has 1 atom stereocenters. The van der Waals surface area contributed by atoms with Gasteiger partial charge in [-0.2, -0.15) is 0 Å². The van der Waals surface area contributed by atoms with Crippen LogP contribution in [0.5, 0.6) is 0 Å². The average molecular weight is 293 g/mol. The molecule has 1 aromatic rings. The zero-order valence-corrected chi connectivity index (χ0v) is 12.9. The second-order valence-electron chi connectivity index (χ2n) is 5.55. The lowest BCUT2D eigenvalue weighted by atomic mass is 9.97. The van der Waals surface area contributed by atoms with Crippen LogP contribution in [0.1, 0.15) is 24.1 Å². The summed E-state index contributed by atoms with van der Waals surface area (Å²) in [4.78, 5) is 2.30. The Hall–Kier alpha value is -3.16. The topological polar surface area (TPSA) is 3.24 Å². The summed E-state index contributed by atoms with van der Waals surface area (Å²) in [5, 5.41) is 0. The molecule has 1 aromatic carbocycles. The first-order valence-corrected chi connectivity index (χ1v) is 7.68. The van der Waals surface area contributed by atoms with E-state index in [9.17, 15) is 0 Å². The molecule has 0 aromatic heterocycles. The Morgan fingerprint density at radius 3 is 3.04 bits per heavy atom. The van der Waals surface area contributed by atoms with E-state index in [-0.39, 0.29) is 6.04 Å². The fourth-order valence-corrected chi connectivity index (χ4v) is 3.28. The van der Waals surface area contributed by atoms with Crippen molar-refractivity contribution < 1.29 is 0 Å². The van der Waals surface area contributed by atoms with Crippen molar-refractivity contribution in [1.82, 2.24) is 4.90 Å². The maximum atomic E-state index is 5.72. The number of hydrogen-bond donors (Lipinski definition) is 0. The first-order chi connectivity index (χ1) is 11.3. The predicted octanol–water partition coefficient (Wildman–Crippen LogP) is 4.36. The summed E-state index contributed by atoms with van der Waals surface area (Å²) in [5.74, 6) is 9.48. The van der Waals surface area contributed by atoms with Gasteiger partial charge in [0.2, 0.25) is 0 Å². The molecule has 1 unspecified atom stereocenters. The van der Waals surface area contributed by atoms with Crippen molar-refractivity contribution in [3.8, 4) is 24.2 Å². The fraction of sp³-hybridized carbons (Fsp3) is 0.0909. The number of allylic oxidation sites excluding steroid dienone is 8. The Kier molecular flexibility index (Phi) is 3.07. The van der Waals surface area contributed by atoms with Gasteiger partial charge in [-0.25, -0.2) is 0 Å². The lowest BCUT2D eigenvalue weighted by Crippen LogP contribution is -2.24. The summed E-state index contributed by atoms with van der Waals surface area (Å²) in [5.41, 5.74) is 6.58. The first-order valence-electron chi connectivity index (χ1n) is 7.68. The Balaban J connectivity index is 1.92. The fourth-order valence-electron chi connectivity index (χ4n) is 3.28. The molecule has 0 radical (unpaired) electrons. The number of hydrogen-bond acceptors (Lipinski definition) is 1. The van der Waals surface area contributed by atoms with Gasteiger partial charge in [-0.3, -0.25) is 0 Å². The molecule has 0 saturated carbocycles. The summed E-state index contributed by atoms with van der Waals surface area (Å²) in [7, 11) is 0. The normalized spacial score (nSPS) is 20.7. The third kappa shape index (κ3) is 1.91. The van der Waals surface area contributed by atoms with Crippen LogP contribution in [-0.2, 0) is 0 Å². The van der Waals surface area contributed by atoms with Crippen molar-refractivity contribution in [2.24, 2.45) is 0 Å². The first kappa shape index (κ1) is 13.5. The number of nitrogens with zero attached hydrogens (tertiary/aromatic N) is 1. The van der Waals surface area contributed by atoms with Crippen molar-refractivity contribution in [2.45, 2.75) is 13.0 Å². The second kappa shape index (κ2) is 5.24. The number of benzene rings is 1. The van der Waals surface area contributed by atoms with Crippen molar-refractivity contribution in [2.75, 3.05) is 0 Å². The molecule has 0 amide bonds. The van der Waals surface area contributed by atoms with Gasteiger partial charge >= 0.3 is 0 Å². The Bertz CT molecular complexity index is 946. The van der Waals surface area contributed by atoms with E-state index in [2.05, 4.69) is 65.2 Å². The quantitative estimate of drug-likeness (QED) is 0.578. The highest BCUT2D eigenvalue weighted by atomic mass is 15.2. The highest BCUT2D eigenvalue weighted by molar-refractivity contribution is 5.81. The van der Waals surface area contributed by atoms with Crippen LogP contribution >= 0.6 is 0 Å². The van der Waals surface area contributed by atoms with Gasteiger partial charge in [-0.05, 0) is 30.7 Å². The van der Waals surface area contributed by atoms with E-state index >= 15 is 0 Å². The summed E-state index contributed by atoms with van der Waals surface area (Å²) in [6, 6.07) is 8.56. The molecule has 3 aliphatic heterocycles. The van der Waals surface area contributed by atoms with Crippen LogP contribution < -0.4 is 0 Å². The highest BCUT2D eigenvalue weighted by Crippen LogP contribution is 2.47. The van der Waals surface area contributed by atoms with E-state index in [0.29, 0.717) is 0 Å². The Morgan fingerprint density at radius 2 is 2.22 bits per heavy atom. The highest BCUT2D eigenvalue weighted by Gasteiger charge is 2.37. The monoisotopic (exact) mass is 293 g/mol. The van der Waals surface area contributed by atoms with E-state index < -0.39 is 0 Å². The van der Waals surface area contributed by atoms with Gasteiger partial charge in [-0.1, -0.05) is 60.3 Å². The number of rotatable bonds is 2. The third-order valence-corrected chi connectivity index (χ3v) is 4.29. The Morgan fingerprint density at radius 1 is 1.35 bits per heavy atom. The predicted molar refractivity (Wildman–Crippen MR) is 94.7 cm³/mol. The third-order valence-electron chi connectivity index (χ3n) is 4.29. The van der Waals surface area contributed by atoms with Crippen LogP contribution in [0.25, 0.3) is 5.70 Å². The molecule has 0 aliphatic carbocycles. The summed E-state index contributed by atoms with van der Waals surface area (Å²) in [6.45, 7) is 1.98.